The third-order valence-corrected chi connectivity index (χ3v) is 1.38. The summed E-state index contributed by atoms with van der Waals surface area (Å²) in [7, 11) is 0. The average molecular weight is 221 g/mol. The van der Waals surface area contributed by atoms with Gasteiger partial charge in [0.2, 0.25) is 6.33 Å². The molecule has 0 aliphatic rings. The van der Waals surface area contributed by atoms with E-state index < -0.39 is 11.9 Å². The quantitative estimate of drug-likeness (QED) is 0.506. The first-order chi connectivity index (χ1) is 6.08. The van der Waals surface area contributed by atoms with E-state index in [2.05, 4.69) is 0 Å². The van der Waals surface area contributed by atoms with Gasteiger partial charge in [0.15, 0.2) is 13.1 Å². The molecule has 0 atom stereocenters. The number of carbonyl (C=O) groups is 2. The minimum Gasteiger partial charge on any atom is -1.00 e. The Morgan fingerprint density at radius 2 is 1.93 bits per heavy atom. The predicted octanol–water partition coefficient (Wildman–Crippen LogP) is -4.05. The van der Waals surface area contributed by atoms with Crippen molar-refractivity contribution in [3.63, 3.8) is 0 Å². The number of aliphatic carboxylic acids is 2. The Hall–Kier alpha value is -1.56. The summed E-state index contributed by atoms with van der Waals surface area (Å²) >= 11 is 0. The maximum atomic E-state index is 10.3. The Bertz CT molecular complexity index is 306. The number of halogens is 1. The van der Waals surface area contributed by atoms with Crippen molar-refractivity contribution in [2.24, 2.45) is 0 Å². The van der Waals surface area contributed by atoms with Crippen LogP contribution >= 0.6 is 0 Å². The Kier molecular flexibility index (Phi) is 4.65. The second-order valence-electron chi connectivity index (χ2n) is 2.55. The maximum Gasteiger partial charge on any atom is 0.346 e. The molecule has 1 rings (SSSR count). The molecule has 0 unspecified atom stereocenters. The van der Waals surface area contributed by atoms with Gasteiger partial charge in [-0.25, -0.2) is 18.7 Å². The molecule has 0 aliphatic heterocycles. The lowest BCUT2D eigenvalue weighted by molar-refractivity contribution is -0.685. The number of rotatable bonds is 4. The van der Waals surface area contributed by atoms with Gasteiger partial charge in [0.05, 0.1) is 0 Å². The fraction of sp³-hybridized carbons (Fsp3) is 0.286. The van der Waals surface area contributed by atoms with Crippen LogP contribution in [0, 0.1) is 0 Å². The average Bonchev–Trinajstić information content (AvgIpc) is 2.33. The molecule has 1 aromatic heterocycles. The van der Waals surface area contributed by atoms with Crippen molar-refractivity contribution in [2.75, 3.05) is 0 Å². The first-order valence-corrected chi connectivity index (χ1v) is 3.56. The van der Waals surface area contributed by atoms with E-state index in [1.165, 1.54) is 27.9 Å². The smallest absolute Gasteiger partial charge is 0.346 e. The maximum absolute atomic E-state index is 10.3. The number of hydrogen-bond donors (Lipinski definition) is 2. The van der Waals surface area contributed by atoms with E-state index in [9.17, 15) is 9.59 Å². The second-order valence-corrected chi connectivity index (χ2v) is 2.55. The molecule has 14 heavy (non-hydrogen) atoms. The third kappa shape index (κ3) is 3.90. The zero-order chi connectivity index (χ0) is 9.84. The summed E-state index contributed by atoms with van der Waals surface area (Å²) in [6.45, 7) is -0.320. The minimum atomic E-state index is -0.960. The van der Waals surface area contributed by atoms with Crippen LogP contribution in [0.15, 0.2) is 18.7 Å². The van der Waals surface area contributed by atoms with Gasteiger partial charge in [-0.2, -0.15) is 0 Å². The van der Waals surface area contributed by atoms with E-state index in [1.54, 1.807) is 0 Å². The summed E-state index contributed by atoms with van der Waals surface area (Å²) < 4.78 is 2.79. The molecule has 0 radical (unpaired) electrons. The van der Waals surface area contributed by atoms with E-state index >= 15 is 0 Å². The number of hydrogen-bond acceptors (Lipinski definition) is 2. The van der Waals surface area contributed by atoms with E-state index in [4.69, 9.17) is 10.2 Å². The molecular formula is C7H9ClN2O4. The highest BCUT2D eigenvalue weighted by atomic mass is 35.5. The molecule has 1 heterocycles. The molecule has 0 spiro atoms. The summed E-state index contributed by atoms with van der Waals surface area (Å²) in [5, 5.41) is 16.8. The monoisotopic (exact) mass is 220 g/mol. The molecule has 0 amide bonds. The van der Waals surface area contributed by atoms with Crippen LogP contribution in [0.3, 0.4) is 0 Å². The van der Waals surface area contributed by atoms with Crippen molar-refractivity contribution >= 4 is 11.9 Å². The summed E-state index contributed by atoms with van der Waals surface area (Å²) in [6.07, 6.45) is 4.45. The number of carboxylic acid groups (broad SMARTS) is 2. The van der Waals surface area contributed by atoms with E-state index in [0.29, 0.717) is 0 Å². The summed E-state index contributed by atoms with van der Waals surface area (Å²) in [4.78, 5) is 20.5. The molecule has 0 fully saturated rings. The lowest BCUT2D eigenvalue weighted by Gasteiger charge is -1.88. The topological polar surface area (TPSA) is 83.4 Å². The molecule has 0 saturated heterocycles. The van der Waals surface area contributed by atoms with Gasteiger partial charge in [0.1, 0.15) is 12.4 Å². The number of carboxylic acids is 2. The SMILES string of the molecule is O=C(O)Cn1cc[n+](CC(=O)O)c1.[Cl-]. The van der Waals surface area contributed by atoms with Gasteiger partial charge in [-0.3, -0.25) is 0 Å². The van der Waals surface area contributed by atoms with Gasteiger partial charge in [0, 0.05) is 0 Å². The molecule has 1 aromatic rings. The highest BCUT2D eigenvalue weighted by Gasteiger charge is 2.09. The van der Waals surface area contributed by atoms with E-state index in [1.807, 2.05) is 0 Å². The molecule has 0 aromatic carbocycles. The predicted molar refractivity (Wildman–Crippen MR) is 39.9 cm³/mol. The van der Waals surface area contributed by atoms with Crippen molar-refractivity contribution < 1.29 is 36.8 Å². The van der Waals surface area contributed by atoms with Crippen molar-refractivity contribution in [3.05, 3.63) is 18.7 Å². The van der Waals surface area contributed by atoms with Crippen molar-refractivity contribution in [3.8, 4) is 0 Å². The second kappa shape index (κ2) is 5.23. The number of nitrogens with zero attached hydrogens (tertiary/aromatic N) is 2. The molecule has 78 valence electrons. The van der Waals surface area contributed by atoms with E-state index in [0.717, 1.165) is 0 Å². The highest BCUT2D eigenvalue weighted by molar-refractivity contribution is 5.66. The Morgan fingerprint density at radius 3 is 2.43 bits per heavy atom. The van der Waals surface area contributed by atoms with Crippen LogP contribution in [-0.2, 0) is 22.7 Å². The zero-order valence-electron chi connectivity index (χ0n) is 7.13. The van der Waals surface area contributed by atoms with E-state index in [-0.39, 0.29) is 25.5 Å². The van der Waals surface area contributed by atoms with Gasteiger partial charge >= 0.3 is 11.9 Å². The van der Waals surface area contributed by atoms with Crippen LogP contribution in [-0.4, -0.2) is 26.7 Å². The largest absolute Gasteiger partial charge is 1.00 e. The standard InChI is InChI=1S/C7H8N2O4.ClH/c10-6(11)3-8-1-2-9(5-8)4-7(12)13;/h1-2,5H,3-4H2,(H-,10,11,12,13);1H. The molecular weight excluding hydrogens is 212 g/mol. The Labute approximate surface area is 85.8 Å². The van der Waals surface area contributed by atoms with Gasteiger partial charge in [-0.1, -0.05) is 0 Å². The van der Waals surface area contributed by atoms with Crippen molar-refractivity contribution in [1.82, 2.24) is 4.57 Å². The van der Waals surface area contributed by atoms with Gasteiger partial charge < -0.3 is 22.6 Å². The molecule has 0 saturated carbocycles. The van der Waals surface area contributed by atoms with Crippen LogP contribution in [0.1, 0.15) is 0 Å². The molecule has 7 heteroatoms. The number of aromatic nitrogens is 2. The Morgan fingerprint density at radius 1 is 1.29 bits per heavy atom. The zero-order valence-corrected chi connectivity index (χ0v) is 7.89. The number of imidazole rings is 1. The van der Waals surface area contributed by atoms with Crippen LogP contribution < -0.4 is 17.0 Å². The Balaban J connectivity index is 0.00000169. The summed E-state index contributed by atoms with van der Waals surface area (Å²) in [5.41, 5.74) is 0. The lowest BCUT2D eigenvalue weighted by atomic mass is 10.6. The van der Waals surface area contributed by atoms with Crippen LogP contribution in [0.4, 0.5) is 0 Å². The minimum absolute atomic E-state index is 0. The van der Waals surface area contributed by atoms with Gasteiger partial charge in [0.25, 0.3) is 0 Å². The lowest BCUT2D eigenvalue weighted by Crippen LogP contribution is -3.00. The van der Waals surface area contributed by atoms with Crippen LogP contribution in [0.2, 0.25) is 0 Å². The van der Waals surface area contributed by atoms with Gasteiger partial charge in [-0.05, 0) is 0 Å². The fourth-order valence-electron chi connectivity index (χ4n) is 0.938. The molecule has 0 aliphatic carbocycles. The van der Waals surface area contributed by atoms with Crippen LogP contribution in [0.25, 0.3) is 0 Å². The first-order valence-electron chi connectivity index (χ1n) is 3.56. The molecule has 0 bridgehead atoms. The third-order valence-electron chi connectivity index (χ3n) is 1.38. The molecule has 2 N–H and O–H groups in total. The van der Waals surface area contributed by atoms with Crippen molar-refractivity contribution in [2.45, 2.75) is 13.1 Å². The molecule has 6 nitrogen and oxygen atoms in total. The fourth-order valence-corrected chi connectivity index (χ4v) is 0.938. The summed E-state index contributed by atoms with van der Waals surface area (Å²) in [5.74, 6) is -1.92. The highest BCUT2D eigenvalue weighted by Crippen LogP contribution is 1.84. The summed E-state index contributed by atoms with van der Waals surface area (Å²) in [6, 6.07) is 0. The normalized spacial score (nSPS) is 9.14. The first kappa shape index (κ1) is 12.4. The van der Waals surface area contributed by atoms with Gasteiger partial charge in [-0.15, -0.1) is 0 Å². The van der Waals surface area contributed by atoms with Crippen LogP contribution in [0.5, 0.6) is 0 Å². The van der Waals surface area contributed by atoms with Crippen molar-refractivity contribution in [1.29, 1.82) is 0 Å².